The van der Waals surface area contributed by atoms with E-state index < -0.39 is 0 Å². The Balaban J connectivity index is 2.22. The molecule has 2 rings (SSSR count). The minimum absolute atomic E-state index is 0.00541. The third-order valence-electron chi connectivity index (χ3n) is 3.64. The van der Waals surface area contributed by atoms with Gasteiger partial charge in [0.2, 0.25) is 11.8 Å². The molecule has 0 spiro atoms. The molecule has 0 radical (unpaired) electrons. The van der Waals surface area contributed by atoms with Crippen LogP contribution in [0.1, 0.15) is 39.5 Å². The molecule has 1 saturated heterocycles. The van der Waals surface area contributed by atoms with Crippen LogP contribution in [0, 0.1) is 0 Å². The lowest BCUT2D eigenvalue weighted by molar-refractivity contribution is -0.152. The normalized spacial score (nSPS) is 33.8. The summed E-state index contributed by atoms with van der Waals surface area (Å²) in [7, 11) is 0. The van der Waals surface area contributed by atoms with Gasteiger partial charge < -0.3 is 10.2 Å². The molecule has 0 saturated carbocycles. The van der Waals surface area contributed by atoms with Crippen LogP contribution in [-0.2, 0) is 9.59 Å². The minimum Gasteiger partial charge on any atom is -0.343 e. The zero-order valence-electron chi connectivity index (χ0n) is 10.5. The highest BCUT2D eigenvalue weighted by atomic mass is 16.2. The van der Waals surface area contributed by atoms with Crippen molar-refractivity contribution in [1.82, 2.24) is 10.2 Å². The summed E-state index contributed by atoms with van der Waals surface area (Å²) in [6.45, 7) is 3.72. The Kier molecular flexibility index (Phi) is 3.50. The Morgan fingerprint density at radius 3 is 2.76 bits per heavy atom. The third-order valence-corrected chi connectivity index (χ3v) is 3.64. The van der Waals surface area contributed by atoms with E-state index in [9.17, 15) is 9.59 Å². The lowest BCUT2D eigenvalue weighted by Gasteiger charge is -2.43. The van der Waals surface area contributed by atoms with Gasteiger partial charge in [-0.2, -0.15) is 0 Å². The molecule has 94 valence electrons. The summed E-state index contributed by atoms with van der Waals surface area (Å²) in [5, 5.41) is 2.75. The van der Waals surface area contributed by atoms with Crippen molar-refractivity contribution in [1.29, 1.82) is 0 Å². The lowest BCUT2D eigenvalue weighted by atomic mass is 9.95. The Morgan fingerprint density at radius 2 is 2.18 bits per heavy atom. The second kappa shape index (κ2) is 4.90. The molecule has 2 aliphatic rings. The van der Waals surface area contributed by atoms with Crippen molar-refractivity contribution in [2.24, 2.45) is 0 Å². The van der Waals surface area contributed by atoms with Crippen LogP contribution in [0.2, 0.25) is 0 Å². The molecule has 0 aromatic rings. The molecular weight excluding hydrogens is 216 g/mol. The largest absolute Gasteiger partial charge is 0.343 e. The van der Waals surface area contributed by atoms with Crippen molar-refractivity contribution in [2.75, 3.05) is 0 Å². The van der Waals surface area contributed by atoms with Crippen LogP contribution in [0.25, 0.3) is 0 Å². The van der Waals surface area contributed by atoms with E-state index in [1.165, 1.54) is 0 Å². The zero-order chi connectivity index (χ0) is 12.4. The van der Waals surface area contributed by atoms with E-state index in [4.69, 9.17) is 0 Å². The highest BCUT2D eigenvalue weighted by Gasteiger charge is 2.40. The number of allylic oxidation sites excluding steroid dienone is 1. The smallest absolute Gasteiger partial charge is 0.245 e. The van der Waals surface area contributed by atoms with Gasteiger partial charge in [0.15, 0.2) is 0 Å². The van der Waals surface area contributed by atoms with Gasteiger partial charge in [-0.3, -0.25) is 9.59 Å². The first kappa shape index (κ1) is 12.1. The van der Waals surface area contributed by atoms with Crippen LogP contribution in [0.4, 0.5) is 0 Å². The van der Waals surface area contributed by atoms with Crippen molar-refractivity contribution >= 4 is 11.8 Å². The van der Waals surface area contributed by atoms with Crippen molar-refractivity contribution in [3.63, 3.8) is 0 Å². The van der Waals surface area contributed by atoms with Gasteiger partial charge in [-0.15, -0.1) is 0 Å². The molecule has 17 heavy (non-hydrogen) atoms. The van der Waals surface area contributed by atoms with Crippen LogP contribution in [0.15, 0.2) is 12.2 Å². The van der Waals surface area contributed by atoms with Crippen LogP contribution in [0.5, 0.6) is 0 Å². The van der Waals surface area contributed by atoms with E-state index in [0.717, 1.165) is 19.3 Å². The van der Waals surface area contributed by atoms with Crippen LogP contribution in [0.3, 0.4) is 0 Å². The number of rotatable bonds is 2. The van der Waals surface area contributed by atoms with Crippen molar-refractivity contribution in [3.8, 4) is 0 Å². The summed E-state index contributed by atoms with van der Waals surface area (Å²) < 4.78 is 0. The zero-order valence-corrected chi connectivity index (χ0v) is 10.5. The average Bonchev–Trinajstić information content (AvgIpc) is 2.34. The Labute approximate surface area is 102 Å². The fraction of sp³-hybridized carbons (Fsp3) is 0.692. The first-order chi connectivity index (χ1) is 8.15. The lowest BCUT2D eigenvalue weighted by Crippen LogP contribution is -2.64. The van der Waals surface area contributed by atoms with E-state index in [1.54, 1.807) is 6.92 Å². The van der Waals surface area contributed by atoms with Crippen LogP contribution in [-0.4, -0.2) is 34.8 Å². The SMILES string of the molecule is CCC1C(=O)NC(C)C(=O)N1C1CC=CCC1. The first-order valence-corrected chi connectivity index (χ1v) is 6.42. The van der Waals surface area contributed by atoms with E-state index >= 15 is 0 Å². The van der Waals surface area contributed by atoms with Crippen molar-refractivity contribution in [2.45, 2.75) is 57.7 Å². The van der Waals surface area contributed by atoms with Gasteiger partial charge in [-0.1, -0.05) is 19.1 Å². The number of carbonyl (C=O) groups is 2. The minimum atomic E-state index is -0.379. The highest BCUT2D eigenvalue weighted by molar-refractivity contribution is 5.96. The molecule has 3 unspecified atom stereocenters. The summed E-state index contributed by atoms with van der Waals surface area (Å²) in [5.41, 5.74) is 0. The molecule has 1 N–H and O–H groups in total. The molecule has 0 bridgehead atoms. The van der Waals surface area contributed by atoms with Crippen LogP contribution >= 0.6 is 0 Å². The van der Waals surface area contributed by atoms with Gasteiger partial charge in [0.25, 0.3) is 0 Å². The number of nitrogens with zero attached hydrogens (tertiary/aromatic N) is 1. The van der Waals surface area contributed by atoms with Gasteiger partial charge >= 0.3 is 0 Å². The second-order valence-electron chi connectivity index (χ2n) is 4.84. The van der Waals surface area contributed by atoms with Gasteiger partial charge in [-0.25, -0.2) is 0 Å². The maximum absolute atomic E-state index is 12.2. The fourth-order valence-corrected chi connectivity index (χ4v) is 2.72. The van der Waals surface area contributed by atoms with E-state index in [0.29, 0.717) is 6.42 Å². The number of hydrogen-bond donors (Lipinski definition) is 1. The van der Waals surface area contributed by atoms with Gasteiger partial charge in [-0.05, 0) is 32.6 Å². The van der Waals surface area contributed by atoms with Gasteiger partial charge in [0, 0.05) is 6.04 Å². The molecule has 0 aromatic heterocycles. The molecular formula is C13H20N2O2. The van der Waals surface area contributed by atoms with Crippen LogP contribution < -0.4 is 5.32 Å². The van der Waals surface area contributed by atoms with E-state index in [2.05, 4.69) is 17.5 Å². The average molecular weight is 236 g/mol. The summed E-state index contributed by atoms with van der Waals surface area (Å²) in [4.78, 5) is 26.0. The molecule has 0 aromatic carbocycles. The predicted octanol–water partition coefficient (Wildman–Crippen LogP) is 1.22. The maximum Gasteiger partial charge on any atom is 0.245 e. The number of nitrogens with one attached hydrogen (secondary N) is 1. The molecule has 2 amide bonds. The molecule has 1 fully saturated rings. The standard InChI is InChI=1S/C13H20N2O2/c1-3-11-12(16)14-9(2)13(17)15(11)10-7-5-4-6-8-10/h4-5,9-11H,3,6-8H2,1-2H3,(H,14,16). The molecule has 4 heteroatoms. The second-order valence-corrected chi connectivity index (χ2v) is 4.84. The summed E-state index contributed by atoms with van der Waals surface area (Å²) in [6.07, 6.45) is 7.80. The third kappa shape index (κ3) is 2.21. The Bertz CT molecular complexity index is 351. The predicted molar refractivity (Wildman–Crippen MR) is 65.3 cm³/mol. The number of carbonyl (C=O) groups excluding carboxylic acids is 2. The number of hydrogen-bond acceptors (Lipinski definition) is 2. The Hall–Kier alpha value is -1.32. The van der Waals surface area contributed by atoms with Crippen molar-refractivity contribution in [3.05, 3.63) is 12.2 Å². The number of amides is 2. The summed E-state index contributed by atoms with van der Waals surface area (Å²) >= 11 is 0. The molecule has 3 atom stereocenters. The molecule has 4 nitrogen and oxygen atoms in total. The maximum atomic E-state index is 12.2. The summed E-state index contributed by atoms with van der Waals surface area (Å²) in [5.74, 6) is 0.0610. The number of piperazine rings is 1. The van der Waals surface area contributed by atoms with Gasteiger partial charge in [0.1, 0.15) is 12.1 Å². The molecule has 1 aliphatic carbocycles. The molecule has 1 heterocycles. The molecule has 1 aliphatic heterocycles. The highest BCUT2D eigenvalue weighted by Crippen LogP contribution is 2.24. The summed E-state index contributed by atoms with van der Waals surface area (Å²) in [6, 6.07) is -0.461. The Morgan fingerprint density at radius 1 is 1.41 bits per heavy atom. The quantitative estimate of drug-likeness (QED) is 0.733. The topological polar surface area (TPSA) is 49.4 Å². The van der Waals surface area contributed by atoms with Gasteiger partial charge in [0.05, 0.1) is 0 Å². The first-order valence-electron chi connectivity index (χ1n) is 6.42. The monoisotopic (exact) mass is 236 g/mol. The van der Waals surface area contributed by atoms with Crippen molar-refractivity contribution < 1.29 is 9.59 Å². The van der Waals surface area contributed by atoms with E-state index in [1.807, 2.05) is 11.8 Å². The van der Waals surface area contributed by atoms with E-state index in [-0.39, 0.29) is 29.9 Å². The fourth-order valence-electron chi connectivity index (χ4n) is 2.72.